The van der Waals surface area contributed by atoms with Crippen LogP contribution in [0.25, 0.3) is 0 Å². The third-order valence-electron chi connectivity index (χ3n) is 7.88. The molecule has 1 unspecified atom stereocenters. The van der Waals surface area contributed by atoms with Gasteiger partial charge in [-0.25, -0.2) is 8.42 Å². The molecule has 5 atom stereocenters. The predicted molar refractivity (Wildman–Crippen MR) is 147 cm³/mol. The van der Waals surface area contributed by atoms with Gasteiger partial charge in [-0.05, 0) is 79.6 Å². The average Bonchev–Trinajstić information content (AvgIpc) is 3.25. The van der Waals surface area contributed by atoms with Crippen LogP contribution in [-0.4, -0.2) is 77.1 Å². The lowest BCUT2D eigenvalue weighted by atomic mass is 10.0. The number of hydrogen-bond acceptors (Lipinski definition) is 8. The van der Waals surface area contributed by atoms with Crippen LogP contribution >= 0.6 is 0 Å². The zero-order chi connectivity index (χ0) is 29.2. The van der Waals surface area contributed by atoms with E-state index >= 15 is 0 Å². The van der Waals surface area contributed by atoms with Crippen LogP contribution in [0.3, 0.4) is 0 Å². The third kappa shape index (κ3) is 7.92. The Morgan fingerprint density at radius 3 is 2.26 bits per heavy atom. The van der Waals surface area contributed by atoms with E-state index in [2.05, 4.69) is 15.4 Å². The summed E-state index contributed by atoms with van der Waals surface area (Å²) in [6.45, 7) is 10.3. The molecule has 2 heterocycles. The number of nitrogens with zero attached hydrogens (tertiary/aromatic N) is 1. The van der Waals surface area contributed by atoms with Crippen LogP contribution in [0.2, 0.25) is 0 Å². The molecule has 3 fully saturated rings. The van der Waals surface area contributed by atoms with Crippen molar-refractivity contribution in [2.45, 2.75) is 140 Å². The molecule has 2 aliphatic heterocycles. The Morgan fingerprint density at radius 1 is 1.03 bits per heavy atom. The van der Waals surface area contributed by atoms with E-state index in [0.717, 1.165) is 32.1 Å². The van der Waals surface area contributed by atoms with Crippen molar-refractivity contribution in [1.82, 2.24) is 20.3 Å². The standard InChI is InChI=1S/C27H48N4O7S/c1-25(2,3)38-24(35)28-19-14-11-9-7-8-10-13-18-17-27(18,23(34)30-39(36,37)26(4,5)6)29-21(32)20-15-12-16-31(20)22(19)33/h18-20,24,28,35H,7-17H2,1-6H3,(H,29,32)(H,30,34)/t18-,19+,20+,24?,27-/m1/s1. The molecule has 11 nitrogen and oxygen atoms in total. The van der Waals surface area contributed by atoms with E-state index in [1.165, 1.54) is 25.7 Å². The summed E-state index contributed by atoms with van der Waals surface area (Å²) in [5, 5.41) is 16.3. The highest BCUT2D eigenvalue weighted by Gasteiger charge is 2.62. The summed E-state index contributed by atoms with van der Waals surface area (Å²) in [7, 11) is -3.96. The van der Waals surface area contributed by atoms with Crippen molar-refractivity contribution in [3.63, 3.8) is 0 Å². The summed E-state index contributed by atoms with van der Waals surface area (Å²) in [5.74, 6) is -1.61. The van der Waals surface area contributed by atoms with Gasteiger partial charge in [0, 0.05) is 6.54 Å². The van der Waals surface area contributed by atoms with Crippen molar-refractivity contribution in [3.05, 3.63) is 0 Å². The number of aliphatic hydroxyl groups is 1. The lowest BCUT2D eigenvalue weighted by Crippen LogP contribution is -2.59. The molecule has 3 rings (SSSR count). The minimum absolute atomic E-state index is 0.161. The summed E-state index contributed by atoms with van der Waals surface area (Å²) in [6, 6.07) is -1.51. The number of sulfonamides is 1. The molecule has 0 radical (unpaired) electrons. The maximum Gasteiger partial charge on any atom is 0.259 e. The largest absolute Gasteiger partial charge is 0.356 e. The molecule has 0 bridgehead atoms. The van der Waals surface area contributed by atoms with E-state index in [-0.39, 0.29) is 11.8 Å². The molecule has 0 aromatic heterocycles. The Kier molecular flexibility index (Phi) is 9.77. The lowest BCUT2D eigenvalue weighted by Gasteiger charge is -2.32. The number of ether oxygens (including phenoxy) is 1. The minimum atomic E-state index is -3.96. The van der Waals surface area contributed by atoms with E-state index in [0.29, 0.717) is 38.6 Å². The first-order chi connectivity index (χ1) is 18.0. The fourth-order valence-corrected chi connectivity index (χ4v) is 6.16. The van der Waals surface area contributed by atoms with Gasteiger partial charge in [0.1, 0.15) is 11.6 Å². The monoisotopic (exact) mass is 572 g/mol. The lowest BCUT2D eigenvalue weighted by molar-refractivity contribution is -0.188. The van der Waals surface area contributed by atoms with Crippen molar-refractivity contribution in [3.8, 4) is 0 Å². The fourth-order valence-electron chi connectivity index (χ4n) is 5.43. The predicted octanol–water partition coefficient (Wildman–Crippen LogP) is 1.89. The number of rotatable bonds is 5. The van der Waals surface area contributed by atoms with Crippen molar-refractivity contribution in [2.75, 3.05) is 6.54 Å². The molecule has 224 valence electrons. The summed E-state index contributed by atoms with van der Waals surface area (Å²) in [6.07, 6.45) is 5.70. The second-order valence-corrected chi connectivity index (χ2v) is 15.7. The molecular weight excluding hydrogens is 524 g/mol. The smallest absolute Gasteiger partial charge is 0.259 e. The maximum atomic E-state index is 13.7. The van der Waals surface area contributed by atoms with Gasteiger partial charge in [0.2, 0.25) is 28.3 Å². The van der Waals surface area contributed by atoms with Crippen molar-refractivity contribution < 1.29 is 32.6 Å². The van der Waals surface area contributed by atoms with E-state index < -0.39 is 56.2 Å². The highest BCUT2D eigenvalue weighted by atomic mass is 32.2. The summed E-state index contributed by atoms with van der Waals surface area (Å²) < 4.78 is 32.1. The van der Waals surface area contributed by atoms with Crippen LogP contribution in [0.4, 0.5) is 0 Å². The van der Waals surface area contributed by atoms with Gasteiger partial charge < -0.3 is 20.1 Å². The zero-order valence-corrected chi connectivity index (χ0v) is 25.2. The molecule has 3 aliphatic rings. The van der Waals surface area contributed by atoms with Gasteiger partial charge in [-0.3, -0.25) is 24.4 Å². The number of carbonyl (C=O) groups excluding carboxylic acids is 3. The Hall–Kier alpha value is -1.76. The van der Waals surface area contributed by atoms with Crippen LogP contribution < -0.4 is 15.4 Å². The quantitative estimate of drug-likeness (QED) is 0.364. The van der Waals surface area contributed by atoms with Gasteiger partial charge in [0.15, 0.2) is 0 Å². The summed E-state index contributed by atoms with van der Waals surface area (Å²) in [4.78, 5) is 42.1. The SMILES string of the molecule is CC(C)(C)OC(O)N[C@H]1CCCCCCC[C@@H]2C[C@@]2(C(=O)NS(=O)(=O)C(C)(C)C)NC(=O)[C@@H]2CCCN2C1=O. The van der Waals surface area contributed by atoms with E-state index in [1.807, 2.05) is 0 Å². The van der Waals surface area contributed by atoms with Gasteiger partial charge in [-0.1, -0.05) is 32.1 Å². The highest BCUT2D eigenvalue weighted by molar-refractivity contribution is 7.91. The molecule has 4 N–H and O–H groups in total. The molecule has 1 saturated carbocycles. The second-order valence-electron chi connectivity index (χ2n) is 13.2. The number of carbonyl (C=O) groups is 3. The van der Waals surface area contributed by atoms with E-state index in [1.54, 1.807) is 20.8 Å². The molecule has 3 amide bonds. The van der Waals surface area contributed by atoms with E-state index in [4.69, 9.17) is 4.74 Å². The van der Waals surface area contributed by atoms with Gasteiger partial charge >= 0.3 is 0 Å². The van der Waals surface area contributed by atoms with Crippen LogP contribution in [-0.2, 0) is 29.1 Å². The summed E-state index contributed by atoms with van der Waals surface area (Å²) in [5.41, 5.74) is -1.93. The Labute approximate surface area is 233 Å². The first-order valence-corrected chi connectivity index (χ1v) is 15.8. The third-order valence-corrected chi connectivity index (χ3v) is 9.95. The molecule has 2 saturated heterocycles. The second kappa shape index (κ2) is 12.0. The molecule has 0 aromatic carbocycles. The Bertz CT molecular complexity index is 1020. The first-order valence-electron chi connectivity index (χ1n) is 14.3. The van der Waals surface area contributed by atoms with Crippen LogP contribution in [0, 0.1) is 5.92 Å². The number of aliphatic hydroxyl groups excluding tert-OH is 1. The van der Waals surface area contributed by atoms with Gasteiger partial charge in [0.05, 0.1) is 16.4 Å². The Balaban J connectivity index is 1.83. The molecular formula is C27H48N4O7S. The molecule has 12 heteroatoms. The molecule has 1 aliphatic carbocycles. The van der Waals surface area contributed by atoms with Crippen molar-refractivity contribution in [2.24, 2.45) is 5.92 Å². The fraction of sp³-hybridized carbons (Fsp3) is 0.889. The highest BCUT2D eigenvalue weighted by Crippen LogP contribution is 2.48. The molecule has 0 spiro atoms. The number of fused-ring (bicyclic) bond motifs is 2. The van der Waals surface area contributed by atoms with Crippen LogP contribution in [0.15, 0.2) is 0 Å². The first kappa shape index (κ1) is 31.8. The number of hydrogen-bond donors (Lipinski definition) is 4. The topological polar surface area (TPSA) is 154 Å². The minimum Gasteiger partial charge on any atom is -0.356 e. The summed E-state index contributed by atoms with van der Waals surface area (Å²) >= 11 is 0. The maximum absolute atomic E-state index is 13.7. The average molecular weight is 573 g/mol. The van der Waals surface area contributed by atoms with Crippen molar-refractivity contribution >= 4 is 27.7 Å². The normalized spacial score (nSPS) is 30.3. The Morgan fingerprint density at radius 2 is 1.64 bits per heavy atom. The zero-order valence-electron chi connectivity index (χ0n) is 24.3. The van der Waals surface area contributed by atoms with Crippen LogP contribution in [0.5, 0.6) is 0 Å². The van der Waals surface area contributed by atoms with Gasteiger partial charge in [-0.2, -0.15) is 0 Å². The van der Waals surface area contributed by atoms with Crippen molar-refractivity contribution in [1.29, 1.82) is 0 Å². The number of nitrogens with one attached hydrogen (secondary N) is 3. The van der Waals surface area contributed by atoms with Crippen LogP contribution in [0.1, 0.15) is 106 Å². The molecule has 0 aromatic rings. The van der Waals surface area contributed by atoms with Gasteiger partial charge in [0.25, 0.3) is 5.91 Å². The van der Waals surface area contributed by atoms with E-state index in [9.17, 15) is 27.9 Å². The number of amides is 3. The van der Waals surface area contributed by atoms with Gasteiger partial charge in [-0.15, -0.1) is 0 Å². The molecule has 39 heavy (non-hydrogen) atoms.